The number of benzene rings is 2. The van der Waals surface area contributed by atoms with E-state index >= 15 is 8.78 Å². The molecule has 0 saturated heterocycles. The fourth-order valence-corrected chi connectivity index (χ4v) is 4.66. The van der Waals surface area contributed by atoms with Crippen LogP contribution in [0.15, 0.2) is 60.9 Å². The van der Waals surface area contributed by atoms with Crippen LogP contribution in [0.25, 0.3) is 22.4 Å². The number of nitrogens with two attached hydrogens (primary N) is 1. The van der Waals surface area contributed by atoms with Crippen molar-refractivity contribution < 1.29 is 32.6 Å². The van der Waals surface area contributed by atoms with Gasteiger partial charge in [0.15, 0.2) is 17.4 Å². The summed E-state index contributed by atoms with van der Waals surface area (Å²) in [4.78, 5) is 36.6. The Labute approximate surface area is 281 Å². The molecule has 0 aliphatic rings. The second-order valence-corrected chi connectivity index (χ2v) is 10.6. The predicted octanol–water partition coefficient (Wildman–Crippen LogP) is 5.61. The smallest absolute Gasteiger partial charge is 0.322 e. The van der Waals surface area contributed by atoms with E-state index in [1.54, 1.807) is 31.2 Å². The lowest BCUT2D eigenvalue weighted by molar-refractivity contribution is -0.145. The average Bonchev–Trinajstić information content (AvgIpc) is 3.41. The first kappa shape index (κ1) is 36.1. The number of nitrogens with one attached hydrogen (secondary N) is 2. The molecule has 0 aliphatic carbocycles. The van der Waals surface area contributed by atoms with Gasteiger partial charge >= 0.3 is 5.97 Å². The Morgan fingerprint density at radius 1 is 1.04 bits per heavy atom. The number of esters is 1. The number of carbonyl (C=O) groups excluding carboxylic acids is 2. The van der Waals surface area contributed by atoms with Crippen LogP contribution in [0.2, 0.25) is 0 Å². The van der Waals surface area contributed by atoms with E-state index in [2.05, 4.69) is 25.7 Å². The molecule has 0 saturated carbocycles. The summed E-state index contributed by atoms with van der Waals surface area (Å²) >= 11 is 0. The summed E-state index contributed by atoms with van der Waals surface area (Å²) in [6, 6.07) is 12.0. The summed E-state index contributed by atoms with van der Waals surface area (Å²) in [5.74, 6) is -1.16. The summed E-state index contributed by atoms with van der Waals surface area (Å²) in [5, 5.41) is 11.1. The number of para-hydroxylation sites is 1. The van der Waals surface area contributed by atoms with Gasteiger partial charge in [0.1, 0.15) is 34.9 Å². The van der Waals surface area contributed by atoms with Crippen molar-refractivity contribution in [1.29, 1.82) is 0 Å². The minimum atomic E-state index is -0.757. The number of fused-ring (bicyclic) bond motifs is 1. The molecule has 13 nitrogen and oxygen atoms in total. The van der Waals surface area contributed by atoms with Crippen molar-refractivity contribution in [2.75, 3.05) is 30.5 Å². The zero-order valence-electron chi connectivity index (χ0n) is 26.5. The van der Waals surface area contributed by atoms with Gasteiger partial charge in [-0.05, 0) is 26.0 Å². The molecule has 0 spiro atoms. The van der Waals surface area contributed by atoms with Crippen molar-refractivity contribution in [2.24, 2.45) is 5.73 Å². The number of aromatic nitrogens is 5. The van der Waals surface area contributed by atoms with Crippen LogP contribution in [-0.2, 0) is 20.9 Å². The number of nitrogens with zero attached hydrogens (tertiary/aromatic N) is 5. The third-order valence-electron chi connectivity index (χ3n) is 6.85. The fraction of sp³-hybridized carbons (Fsp3) is 0.294. The molecule has 0 radical (unpaired) electrons. The minimum absolute atomic E-state index is 0. The molecule has 0 bridgehead atoms. The summed E-state index contributed by atoms with van der Waals surface area (Å²) in [6.07, 6.45) is 3.35. The number of ether oxygens (including phenoxy) is 3. The van der Waals surface area contributed by atoms with Gasteiger partial charge in [0, 0.05) is 54.4 Å². The van der Waals surface area contributed by atoms with Gasteiger partial charge in [0.2, 0.25) is 5.91 Å². The largest absolute Gasteiger partial charge is 0.494 e. The van der Waals surface area contributed by atoms with Crippen LogP contribution in [0, 0.1) is 11.6 Å². The van der Waals surface area contributed by atoms with Crippen molar-refractivity contribution in [3.05, 3.63) is 78.1 Å². The molecule has 4 N–H and O–H groups in total. The third-order valence-corrected chi connectivity index (χ3v) is 6.85. The SMILES string of the molecule is C.CCOc1cc(F)c(Cn2nc(-c3ncc(OCCCOC(=O)[C@H](C)N)c(Nc4ccnc(NC(C)=O)c4)n3)c3ccccc32)c(F)c1. The maximum Gasteiger partial charge on any atom is 0.322 e. The number of rotatable bonds is 14. The van der Waals surface area contributed by atoms with Crippen LogP contribution in [0.5, 0.6) is 11.5 Å². The molecule has 1 atom stereocenters. The molecule has 1 amide bonds. The number of pyridine rings is 1. The molecule has 49 heavy (non-hydrogen) atoms. The van der Waals surface area contributed by atoms with E-state index in [4.69, 9.17) is 24.9 Å². The van der Waals surface area contributed by atoms with Gasteiger partial charge in [0.05, 0.1) is 38.1 Å². The zero-order valence-corrected chi connectivity index (χ0v) is 26.5. The molecule has 0 unspecified atom stereocenters. The topological polar surface area (TPSA) is 168 Å². The average molecular weight is 677 g/mol. The number of anilines is 3. The Hall–Kier alpha value is -5.70. The first-order chi connectivity index (χ1) is 23.1. The van der Waals surface area contributed by atoms with E-state index in [0.717, 1.165) is 12.1 Å². The summed E-state index contributed by atoms with van der Waals surface area (Å²) in [7, 11) is 0. The van der Waals surface area contributed by atoms with E-state index in [-0.39, 0.29) is 68.4 Å². The van der Waals surface area contributed by atoms with E-state index in [1.807, 2.05) is 12.1 Å². The van der Waals surface area contributed by atoms with Gasteiger partial charge < -0.3 is 30.6 Å². The van der Waals surface area contributed by atoms with Gasteiger partial charge in [0.25, 0.3) is 0 Å². The maximum absolute atomic E-state index is 15.0. The first-order valence-corrected chi connectivity index (χ1v) is 15.1. The number of hydrogen-bond acceptors (Lipinski definition) is 11. The molecule has 0 aliphatic heterocycles. The molecule has 5 rings (SSSR count). The molecule has 5 aromatic rings. The Morgan fingerprint density at radius 2 is 1.80 bits per heavy atom. The molecule has 15 heteroatoms. The van der Waals surface area contributed by atoms with Crippen LogP contribution in [-0.4, -0.2) is 62.5 Å². The molecule has 2 aromatic carbocycles. The Bertz CT molecular complexity index is 1910. The number of carbonyl (C=O) groups is 2. The standard InChI is InChI=1S/C33H34F2N8O5.CH4/c1-4-46-22-15-25(34)24(26(35)16-22)18-43-27-9-6-5-8-23(27)30(42-43)32-38-17-28(47-12-7-13-48-33(45)19(2)36)31(41-32)40-21-10-11-37-29(14-21)39-20(3)44;/h5-6,8-11,14-17,19H,4,7,12-13,18,36H2,1-3H3,(H2,37,38,39,40,41,44);1H4/t19-;/m0./s1. The van der Waals surface area contributed by atoms with Crippen LogP contribution in [0.1, 0.15) is 40.2 Å². The summed E-state index contributed by atoms with van der Waals surface area (Å²) < 4.78 is 47.8. The Morgan fingerprint density at radius 3 is 2.51 bits per heavy atom. The number of halogens is 2. The van der Waals surface area contributed by atoms with E-state index in [1.165, 1.54) is 30.9 Å². The maximum atomic E-state index is 15.0. The highest BCUT2D eigenvalue weighted by molar-refractivity contribution is 5.92. The molecular weight excluding hydrogens is 638 g/mol. The monoisotopic (exact) mass is 676 g/mol. The highest BCUT2D eigenvalue weighted by atomic mass is 19.1. The first-order valence-electron chi connectivity index (χ1n) is 15.1. The second kappa shape index (κ2) is 16.4. The zero-order chi connectivity index (χ0) is 34.2. The highest BCUT2D eigenvalue weighted by Crippen LogP contribution is 2.32. The third kappa shape index (κ3) is 9.01. The van der Waals surface area contributed by atoms with Crippen molar-refractivity contribution >= 4 is 40.1 Å². The van der Waals surface area contributed by atoms with Crippen molar-refractivity contribution in [2.45, 2.75) is 47.2 Å². The molecule has 3 aromatic heterocycles. The van der Waals surface area contributed by atoms with E-state index in [0.29, 0.717) is 34.5 Å². The van der Waals surface area contributed by atoms with Crippen LogP contribution in [0.3, 0.4) is 0 Å². The summed E-state index contributed by atoms with van der Waals surface area (Å²) in [6.45, 7) is 4.97. The van der Waals surface area contributed by atoms with Gasteiger partial charge in [-0.25, -0.2) is 23.7 Å². The van der Waals surface area contributed by atoms with Crippen molar-refractivity contribution in [3.8, 4) is 23.0 Å². The van der Waals surface area contributed by atoms with Gasteiger partial charge in [-0.15, -0.1) is 0 Å². The lowest BCUT2D eigenvalue weighted by atomic mass is 10.1. The lowest BCUT2D eigenvalue weighted by Crippen LogP contribution is -2.29. The Kier molecular flexibility index (Phi) is 12.1. The van der Waals surface area contributed by atoms with Gasteiger partial charge in [-0.2, -0.15) is 5.10 Å². The predicted molar refractivity (Wildman–Crippen MR) is 181 cm³/mol. The van der Waals surface area contributed by atoms with Crippen LogP contribution in [0.4, 0.5) is 26.1 Å². The molecule has 3 heterocycles. The normalized spacial score (nSPS) is 11.4. The van der Waals surface area contributed by atoms with Crippen LogP contribution >= 0.6 is 0 Å². The van der Waals surface area contributed by atoms with Gasteiger partial charge in [-0.1, -0.05) is 25.6 Å². The minimum Gasteiger partial charge on any atom is -0.494 e. The summed E-state index contributed by atoms with van der Waals surface area (Å²) in [5.41, 5.74) is 6.86. The molecule has 258 valence electrons. The lowest BCUT2D eigenvalue weighted by Gasteiger charge is -2.14. The van der Waals surface area contributed by atoms with E-state index in [9.17, 15) is 9.59 Å². The van der Waals surface area contributed by atoms with Crippen molar-refractivity contribution in [1.82, 2.24) is 24.7 Å². The fourth-order valence-electron chi connectivity index (χ4n) is 4.66. The second-order valence-electron chi connectivity index (χ2n) is 10.6. The van der Waals surface area contributed by atoms with Crippen molar-refractivity contribution in [3.63, 3.8) is 0 Å². The highest BCUT2D eigenvalue weighted by Gasteiger charge is 2.20. The number of amides is 1. The molecular formula is C34H38F2N8O5. The quantitative estimate of drug-likeness (QED) is 0.0987. The Balaban J connectivity index is 0.00000541. The van der Waals surface area contributed by atoms with Crippen LogP contribution < -0.4 is 25.8 Å². The van der Waals surface area contributed by atoms with Gasteiger partial charge in [-0.3, -0.25) is 14.3 Å². The molecule has 0 fully saturated rings. The van der Waals surface area contributed by atoms with E-state index < -0.39 is 23.6 Å². The number of hydrogen-bond donors (Lipinski definition) is 3.